The van der Waals surface area contributed by atoms with E-state index in [1.807, 2.05) is 13.8 Å². The van der Waals surface area contributed by atoms with Crippen LogP contribution in [0.3, 0.4) is 0 Å². The lowest BCUT2D eigenvalue weighted by Gasteiger charge is -2.30. The summed E-state index contributed by atoms with van der Waals surface area (Å²) in [7, 11) is 0. The van der Waals surface area contributed by atoms with Crippen LogP contribution in [-0.2, 0) is 4.74 Å². The van der Waals surface area contributed by atoms with Crippen molar-refractivity contribution in [1.82, 2.24) is 15.0 Å². The lowest BCUT2D eigenvalue weighted by Crippen LogP contribution is -2.41. The molecule has 2 rings (SSSR count). The second-order valence-electron chi connectivity index (χ2n) is 7.06. The number of alkyl halides is 2. The van der Waals surface area contributed by atoms with Gasteiger partial charge in [-0.1, -0.05) is 13.8 Å². The maximum absolute atomic E-state index is 13.6. The first-order valence-corrected chi connectivity index (χ1v) is 8.82. The Morgan fingerprint density at radius 2 is 1.93 bits per heavy atom. The van der Waals surface area contributed by atoms with Crippen LogP contribution in [0.1, 0.15) is 49.9 Å². The van der Waals surface area contributed by atoms with E-state index in [0.29, 0.717) is 12.7 Å². The Labute approximate surface area is 166 Å². The van der Waals surface area contributed by atoms with Crippen molar-refractivity contribution in [3.8, 4) is 17.1 Å². The van der Waals surface area contributed by atoms with Crippen molar-refractivity contribution in [2.45, 2.75) is 39.2 Å². The van der Waals surface area contributed by atoms with Crippen LogP contribution in [0.2, 0.25) is 0 Å². The van der Waals surface area contributed by atoms with Gasteiger partial charge in [0.15, 0.2) is 12.1 Å². The normalized spacial score (nSPS) is 13.2. The Kier molecular flexibility index (Phi) is 7.13. The summed E-state index contributed by atoms with van der Waals surface area (Å²) in [6, 6.07) is 4.21. The molecule has 1 amide bonds. The highest BCUT2D eigenvalue weighted by atomic mass is 19.3. The molecule has 0 aromatic carbocycles. The number of amides is 1. The zero-order valence-corrected chi connectivity index (χ0v) is 16.3. The number of hydrogen-bond acceptors (Lipinski definition) is 7. The van der Waals surface area contributed by atoms with Gasteiger partial charge in [-0.3, -0.25) is 4.79 Å². The van der Waals surface area contributed by atoms with Gasteiger partial charge in [0.2, 0.25) is 0 Å². The molecular weight excluding hydrogens is 386 g/mol. The first-order valence-electron chi connectivity index (χ1n) is 8.82. The van der Waals surface area contributed by atoms with Crippen molar-refractivity contribution in [3.63, 3.8) is 0 Å². The topological polar surface area (TPSA) is 117 Å². The summed E-state index contributed by atoms with van der Waals surface area (Å²) in [6.45, 7) is 5.26. The van der Waals surface area contributed by atoms with Crippen molar-refractivity contribution < 1.29 is 27.8 Å². The Balaban J connectivity index is 2.30. The molecule has 0 fully saturated rings. The molecule has 2 N–H and O–H groups in total. The number of aromatic nitrogens is 3. The maximum atomic E-state index is 13.6. The number of aldehydes is 1. The highest BCUT2D eigenvalue weighted by Gasteiger charge is 2.31. The summed E-state index contributed by atoms with van der Waals surface area (Å²) in [6.07, 6.45) is -1.71. The first-order chi connectivity index (χ1) is 13.6. The standard InChI is InChI=1S/C19H22F2N4O4/c1-11(2)8-19(3,29-18(22)27)10-28-14-5-4-12(25-16(14)17(20)21)13-6-7-23-15(9-26)24-13/h4-7,9,11,17H,8,10H2,1-3H3,(H2,22,27). The third-order valence-corrected chi connectivity index (χ3v) is 3.85. The van der Waals surface area contributed by atoms with Gasteiger partial charge < -0.3 is 15.2 Å². The van der Waals surface area contributed by atoms with Gasteiger partial charge in [0.1, 0.15) is 23.7 Å². The van der Waals surface area contributed by atoms with E-state index in [-0.39, 0.29) is 35.5 Å². The largest absolute Gasteiger partial charge is 0.487 e. The smallest absolute Gasteiger partial charge is 0.405 e. The number of ether oxygens (including phenoxy) is 2. The lowest BCUT2D eigenvalue weighted by molar-refractivity contribution is -0.0197. The van der Waals surface area contributed by atoms with Crippen LogP contribution in [0.4, 0.5) is 13.6 Å². The van der Waals surface area contributed by atoms with E-state index < -0.39 is 23.8 Å². The van der Waals surface area contributed by atoms with Crippen molar-refractivity contribution in [2.24, 2.45) is 11.7 Å². The lowest BCUT2D eigenvalue weighted by atomic mass is 9.95. The maximum Gasteiger partial charge on any atom is 0.405 e. The van der Waals surface area contributed by atoms with Crippen LogP contribution >= 0.6 is 0 Å². The van der Waals surface area contributed by atoms with Crippen LogP contribution in [0.5, 0.6) is 5.75 Å². The van der Waals surface area contributed by atoms with E-state index in [0.717, 1.165) is 0 Å². The molecule has 2 aromatic heterocycles. The summed E-state index contributed by atoms with van der Waals surface area (Å²) >= 11 is 0. The molecule has 29 heavy (non-hydrogen) atoms. The van der Waals surface area contributed by atoms with Gasteiger partial charge >= 0.3 is 6.09 Å². The fourth-order valence-electron chi connectivity index (χ4n) is 2.92. The van der Waals surface area contributed by atoms with Gasteiger partial charge in [0.05, 0.1) is 11.4 Å². The number of carbonyl (C=O) groups is 2. The molecule has 10 heteroatoms. The summed E-state index contributed by atoms with van der Waals surface area (Å²) in [5.74, 6) is -0.101. The molecule has 1 unspecified atom stereocenters. The molecule has 2 aromatic rings. The summed E-state index contributed by atoms with van der Waals surface area (Å²) in [4.78, 5) is 33.6. The molecule has 1 atom stereocenters. The number of rotatable bonds is 9. The molecule has 8 nitrogen and oxygen atoms in total. The zero-order valence-electron chi connectivity index (χ0n) is 16.3. The van der Waals surface area contributed by atoms with Crippen molar-refractivity contribution in [3.05, 3.63) is 35.9 Å². The second-order valence-corrected chi connectivity index (χ2v) is 7.06. The van der Waals surface area contributed by atoms with E-state index in [9.17, 15) is 18.4 Å². The van der Waals surface area contributed by atoms with E-state index >= 15 is 0 Å². The molecule has 0 aliphatic rings. The molecule has 0 saturated carbocycles. The predicted molar refractivity (Wildman–Crippen MR) is 99.6 cm³/mol. The van der Waals surface area contributed by atoms with Gasteiger partial charge in [0, 0.05) is 6.20 Å². The van der Waals surface area contributed by atoms with E-state index in [1.165, 1.54) is 24.4 Å². The summed E-state index contributed by atoms with van der Waals surface area (Å²) in [5.41, 5.74) is 3.79. The molecule has 156 valence electrons. The molecule has 0 aliphatic heterocycles. The molecule has 0 aliphatic carbocycles. The number of halogens is 2. The van der Waals surface area contributed by atoms with Crippen LogP contribution < -0.4 is 10.5 Å². The van der Waals surface area contributed by atoms with E-state index in [2.05, 4.69) is 15.0 Å². The molecule has 0 bridgehead atoms. The van der Waals surface area contributed by atoms with E-state index in [4.69, 9.17) is 15.2 Å². The highest BCUT2D eigenvalue weighted by Crippen LogP contribution is 2.31. The number of primary amides is 1. The number of nitrogens with two attached hydrogens (primary N) is 1. The van der Waals surface area contributed by atoms with Gasteiger partial charge in [-0.15, -0.1) is 0 Å². The average Bonchev–Trinajstić information content (AvgIpc) is 2.65. The van der Waals surface area contributed by atoms with Gasteiger partial charge in [-0.05, 0) is 37.5 Å². The Bertz CT molecular complexity index is 879. The summed E-state index contributed by atoms with van der Waals surface area (Å²) < 4.78 is 37.8. The predicted octanol–water partition coefficient (Wildman–Crippen LogP) is 3.57. The zero-order chi connectivity index (χ0) is 21.6. The van der Waals surface area contributed by atoms with Crippen molar-refractivity contribution in [1.29, 1.82) is 0 Å². The quantitative estimate of drug-likeness (QED) is 0.630. The molecule has 0 radical (unpaired) electrons. The van der Waals surface area contributed by atoms with Crippen LogP contribution in [0, 0.1) is 5.92 Å². The molecule has 0 saturated heterocycles. The second kappa shape index (κ2) is 9.35. The van der Waals surface area contributed by atoms with E-state index in [1.54, 1.807) is 6.92 Å². The minimum atomic E-state index is -2.93. The van der Waals surface area contributed by atoms with Gasteiger partial charge in [-0.25, -0.2) is 28.5 Å². The first kappa shape index (κ1) is 22.1. The fourth-order valence-corrected chi connectivity index (χ4v) is 2.92. The number of carbonyl (C=O) groups excluding carboxylic acids is 2. The Hall–Kier alpha value is -3.17. The van der Waals surface area contributed by atoms with Gasteiger partial charge in [0.25, 0.3) is 6.43 Å². The number of hydrogen-bond donors (Lipinski definition) is 1. The molecular formula is C19H22F2N4O4. The average molecular weight is 408 g/mol. The minimum Gasteiger partial charge on any atom is -0.487 e. The monoisotopic (exact) mass is 408 g/mol. The minimum absolute atomic E-state index is 0.0868. The fraction of sp³-hybridized carbons (Fsp3) is 0.421. The Morgan fingerprint density at radius 1 is 1.24 bits per heavy atom. The van der Waals surface area contributed by atoms with Crippen LogP contribution in [0.25, 0.3) is 11.4 Å². The third-order valence-electron chi connectivity index (χ3n) is 3.85. The van der Waals surface area contributed by atoms with Crippen LogP contribution in [0.15, 0.2) is 24.4 Å². The third kappa shape index (κ3) is 6.16. The van der Waals surface area contributed by atoms with Gasteiger partial charge in [-0.2, -0.15) is 0 Å². The van der Waals surface area contributed by atoms with Crippen molar-refractivity contribution in [2.75, 3.05) is 6.61 Å². The summed E-state index contributed by atoms with van der Waals surface area (Å²) in [5, 5.41) is 0. The van der Waals surface area contributed by atoms with Crippen molar-refractivity contribution >= 4 is 12.4 Å². The molecule has 0 spiro atoms. The number of nitrogens with zero attached hydrogens (tertiary/aromatic N) is 3. The SMILES string of the molecule is CC(C)CC(C)(COc1ccc(-c2ccnc(C=O)n2)nc1C(F)F)OC(N)=O. The highest BCUT2D eigenvalue weighted by molar-refractivity contribution is 5.70. The number of pyridine rings is 1. The molecule has 2 heterocycles. The Morgan fingerprint density at radius 3 is 2.52 bits per heavy atom. The van der Waals surface area contributed by atoms with Crippen LogP contribution in [-0.4, -0.2) is 39.5 Å².